The molecule has 2 aliphatic rings. The van der Waals surface area contributed by atoms with E-state index in [2.05, 4.69) is 15.5 Å². The van der Waals surface area contributed by atoms with Crippen LogP contribution in [0.15, 0.2) is 34.9 Å². The lowest BCUT2D eigenvalue weighted by atomic mass is 9.95. The van der Waals surface area contributed by atoms with Crippen molar-refractivity contribution in [2.24, 2.45) is 11.8 Å². The first kappa shape index (κ1) is 17.0. The van der Waals surface area contributed by atoms with Crippen LogP contribution in [0.2, 0.25) is 0 Å². The van der Waals surface area contributed by atoms with Gasteiger partial charge >= 0.3 is 6.03 Å². The number of piperidine rings is 1. The molecule has 2 fully saturated rings. The molecule has 1 aliphatic heterocycles. The fraction of sp³-hybridized carbons (Fsp3) is 0.526. The second-order valence-electron chi connectivity index (χ2n) is 7.07. The first-order valence-corrected chi connectivity index (χ1v) is 9.18. The summed E-state index contributed by atoms with van der Waals surface area (Å²) in [6.07, 6.45) is 3.16. The van der Waals surface area contributed by atoms with Crippen LogP contribution in [0.25, 0.3) is 11.5 Å². The number of rotatable bonds is 5. The van der Waals surface area contributed by atoms with Gasteiger partial charge in [0.2, 0.25) is 0 Å². The van der Waals surface area contributed by atoms with E-state index < -0.39 is 0 Å². The van der Waals surface area contributed by atoms with E-state index in [4.69, 9.17) is 9.26 Å². The molecule has 1 unspecified atom stereocenters. The predicted molar refractivity (Wildman–Crippen MR) is 95.4 cm³/mol. The highest BCUT2D eigenvalue weighted by molar-refractivity contribution is 5.74. The number of methoxy groups -OCH3 is 1. The Bertz CT molecular complexity index is 734. The van der Waals surface area contributed by atoms with E-state index in [-0.39, 0.29) is 6.03 Å². The van der Waals surface area contributed by atoms with Crippen molar-refractivity contribution >= 4 is 6.03 Å². The zero-order chi connectivity index (χ0) is 17.9. The third-order valence-corrected chi connectivity index (χ3v) is 5.42. The molecule has 2 bridgehead atoms. The number of aromatic nitrogens is 2. The van der Waals surface area contributed by atoms with Crippen LogP contribution < -0.4 is 5.32 Å². The number of fused-ring (bicyclic) bond motifs is 2. The first-order chi connectivity index (χ1) is 12.7. The van der Waals surface area contributed by atoms with Crippen LogP contribution in [0.1, 0.15) is 18.7 Å². The molecule has 1 saturated carbocycles. The smallest absolute Gasteiger partial charge is 0.317 e. The van der Waals surface area contributed by atoms with Crippen molar-refractivity contribution < 1.29 is 14.1 Å². The largest absolute Gasteiger partial charge is 0.381 e. The second kappa shape index (κ2) is 7.45. The summed E-state index contributed by atoms with van der Waals surface area (Å²) in [5, 5.41) is 6.97. The van der Waals surface area contributed by atoms with Crippen LogP contribution in [0.5, 0.6) is 0 Å². The molecule has 26 heavy (non-hydrogen) atoms. The average molecular weight is 356 g/mol. The molecule has 4 rings (SSSR count). The number of hydrogen-bond acceptors (Lipinski definition) is 5. The highest BCUT2D eigenvalue weighted by Crippen LogP contribution is 2.38. The van der Waals surface area contributed by atoms with Crippen LogP contribution in [-0.4, -0.2) is 53.9 Å². The highest BCUT2D eigenvalue weighted by atomic mass is 16.5. The Hall–Kier alpha value is -2.41. The summed E-state index contributed by atoms with van der Waals surface area (Å²) in [7, 11) is 1.78. The van der Waals surface area contributed by atoms with Gasteiger partial charge in [0, 0.05) is 50.6 Å². The van der Waals surface area contributed by atoms with Gasteiger partial charge in [-0.15, -0.1) is 0 Å². The van der Waals surface area contributed by atoms with Gasteiger partial charge in [0.15, 0.2) is 5.82 Å². The first-order valence-electron chi connectivity index (χ1n) is 9.18. The summed E-state index contributed by atoms with van der Waals surface area (Å²) in [5.41, 5.74) is 0.895. The van der Waals surface area contributed by atoms with E-state index in [1.807, 2.05) is 35.2 Å². The Morgan fingerprint density at radius 2 is 2.00 bits per heavy atom. The Morgan fingerprint density at radius 3 is 2.69 bits per heavy atom. The number of carbonyl (C=O) groups is 1. The van der Waals surface area contributed by atoms with E-state index in [1.54, 1.807) is 7.11 Å². The molecule has 2 aromatic rings. The molecule has 1 N–H and O–H groups in total. The van der Waals surface area contributed by atoms with Crippen molar-refractivity contribution in [1.29, 1.82) is 0 Å². The van der Waals surface area contributed by atoms with Gasteiger partial charge < -0.3 is 19.5 Å². The van der Waals surface area contributed by atoms with Gasteiger partial charge in [0.05, 0.1) is 6.10 Å². The number of nitrogens with one attached hydrogen (secondary N) is 1. The van der Waals surface area contributed by atoms with Crippen molar-refractivity contribution in [2.75, 3.05) is 26.7 Å². The summed E-state index contributed by atoms with van der Waals surface area (Å²) in [6, 6.07) is 9.65. The van der Waals surface area contributed by atoms with Gasteiger partial charge in [-0.3, -0.25) is 0 Å². The number of likely N-dealkylation sites (tertiary alicyclic amines) is 1. The lowest BCUT2D eigenvalue weighted by Crippen LogP contribution is -2.51. The summed E-state index contributed by atoms with van der Waals surface area (Å²) >= 11 is 0. The molecule has 1 aliphatic carbocycles. The molecule has 1 aromatic carbocycles. The van der Waals surface area contributed by atoms with Gasteiger partial charge in [-0.25, -0.2) is 4.79 Å². The minimum Gasteiger partial charge on any atom is -0.381 e. The van der Waals surface area contributed by atoms with E-state index in [0.717, 1.165) is 31.5 Å². The molecule has 1 saturated heterocycles. The summed E-state index contributed by atoms with van der Waals surface area (Å²) in [4.78, 5) is 18.7. The molecular weight excluding hydrogens is 332 g/mol. The Labute approximate surface area is 152 Å². The molecule has 0 radical (unpaired) electrons. The monoisotopic (exact) mass is 356 g/mol. The normalized spacial score (nSPS) is 24.7. The Kier molecular flexibility index (Phi) is 4.88. The van der Waals surface area contributed by atoms with Crippen molar-refractivity contribution in [3.8, 4) is 11.5 Å². The van der Waals surface area contributed by atoms with Crippen molar-refractivity contribution in [2.45, 2.75) is 25.4 Å². The van der Waals surface area contributed by atoms with Gasteiger partial charge in [-0.05, 0) is 25.0 Å². The van der Waals surface area contributed by atoms with E-state index in [0.29, 0.717) is 42.6 Å². The number of carbonyl (C=O) groups excluding carboxylic acids is 1. The minimum atomic E-state index is -0.0109. The van der Waals surface area contributed by atoms with Crippen molar-refractivity contribution in [1.82, 2.24) is 20.4 Å². The van der Waals surface area contributed by atoms with E-state index >= 15 is 0 Å². The van der Waals surface area contributed by atoms with E-state index in [1.165, 1.54) is 0 Å². The molecule has 3 atom stereocenters. The van der Waals surface area contributed by atoms with Crippen LogP contribution in [0, 0.1) is 11.8 Å². The van der Waals surface area contributed by atoms with Gasteiger partial charge in [-0.2, -0.15) is 4.98 Å². The Morgan fingerprint density at radius 1 is 1.27 bits per heavy atom. The molecule has 2 amide bonds. The number of urea groups is 1. The number of benzene rings is 1. The van der Waals surface area contributed by atoms with Crippen LogP contribution >= 0.6 is 0 Å². The summed E-state index contributed by atoms with van der Waals surface area (Å²) in [5.74, 6) is 2.04. The molecule has 2 heterocycles. The highest BCUT2D eigenvalue weighted by Gasteiger charge is 2.43. The molecular formula is C19H24N4O3. The number of amides is 2. The molecule has 7 nitrogen and oxygen atoms in total. The fourth-order valence-corrected chi connectivity index (χ4v) is 4.17. The number of hydrogen-bond donors (Lipinski definition) is 1. The zero-order valence-corrected chi connectivity index (χ0v) is 14.9. The number of nitrogens with zero attached hydrogens (tertiary/aromatic N) is 3. The van der Waals surface area contributed by atoms with Gasteiger partial charge in [0.25, 0.3) is 5.89 Å². The fourth-order valence-electron chi connectivity index (χ4n) is 4.17. The van der Waals surface area contributed by atoms with Crippen molar-refractivity contribution in [3.63, 3.8) is 0 Å². The van der Waals surface area contributed by atoms with Gasteiger partial charge in [0.1, 0.15) is 0 Å². The number of ether oxygens (including phenoxy) is 1. The molecule has 138 valence electrons. The third kappa shape index (κ3) is 3.44. The van der Waals surface area contributed by atoms with Crippen LogP contribution in [0.4, 0.5) is 4.79 Å². The van der Waals surface area contributed by atoms with Crippen molar-refractivity contribution in [3.05, 3.63) is 36.2 Å². The SMILES string of the molecule is COC1[C@@H]2CC[C@H]1CN(C(=O)NCCc1noc(-c3ccccc3)n1)C2. The maximum atomic E-state index is 12.4. The van der Waals surface area contributed by atoms with Crippen LogP contribution in [0.3, 0.4) is 0 Å². The molecule has 7 heteroatoms. The van der Waals surface area contributed by atoms with Crippen LogP contribution in [-0.2, 0) is 11.2 Å². The quantitative estimate of drug-likeness (QED) is 0.889. The molecule has 0 spiro atoms. The maximum Gasteiger partial charge on any atom is 0.317 e. The lowest BCUT2D eigenvalue weighted by Gasteiger charge is -2.37. The zero-order valence-electron chi connectivity index (χ0n) is 14.9. The summed E-state index contributed by atoms with van der Waals surface area (Å²) in [6.45, 7) is 2.05. The lowest BCUT2D eigenvalue weighted by molar-refractivity contribution is -0.00503. The topological polar surface area (TPSA) is 80.5 Å². The predicted octanol–water partition coefficient (Wildman–Crippen LogP) is 2.35. The summed E-state index contributed by atoms with van der Waals surface area (Å²) < 4.78 is 10.9. The molecule has 1 aromatic heterocycles. The second-order valence-corrected chi connectivity index (χ2v) is 7.07. The van der Waals surface area contributed by atoms with E-state index in [9.17, 15) is 4.79 Å². The maximum absolute atomic E-state index is 12.4. The average Bonchev–Trinajstić information content (AvgIpc) is 3.24. The van der Waals surface area contributed by atoms with Gasteiger partial charge in [-0.1, -0.05) is 23.4 Å². The third-order valence-electron chi connectivity index (χ3n) is 5.42. The standard InChI is InChI=1S/C19H24N4O3/c1-25-17-14-7-8-15(17)12-23(11-14)19(24)20-10-9-16-21-18(26-22-16)13-5-3-2-4-6-13/h2-6,14-15,17H,7-12H2,1H3,(H,20,24)/t14-,15+,17?. The Balaban J connectivity index is 1.26. The minimum absolute atomic E-state index is 0.0109.